The van der Waals surface area contributed by atoms with Crippen molar-refractivity contribution in [3.05, 3.63) is 29.8 Å². The molecule has 1 aliphatic rings. The Morgan fingerprint density at radius 2 is 1.72 bits per heavy atom. The third kappa shape index (κ3) is 3.63. The molecule has 0 saturated carbocycles. The Balaban J connectivity index is 1.84. The second-order valence-corrected chi connectivity index (χ2v) is 5.27. The molecular formula is C15H23ClN2. The summed E-state index contributed by atoms with van der Waals surface area (Å²) >= 11 is 5.74. The highest BCUT2D eigenvalue weighted by atomic mass is 35.5. The van der Waals surface area contributed by atoms with Gasteiger partial charge in [0.25, 0.3) is 0 Å². The lowest BCUT2D eigenvalue weighted by Crippen LogP contribution is -2.46. The van der Waals surface area contributed by atoms with Gasteiger partial charge < -0.3 is 4.90 Å². The van der Waals surface area contributed by atoms with Gasteiger partial charge in [0.1, 0.15) is 0 Å². The Morgan fingerprint density at radius 3 is 2.28 bits per heavy atom. The van der Waals surface area contributed by atoms with Crippen molar-refractivity contribution in [3.63, 3.8) is 0 Å². The van der Waals surface area contributed by atoms with Crippen LogP contribution in [-0.2, 0) is 6.42 Å². The van der Waals surface area contributed by atoms with E-state index in [4.69, 9.17) is 11.6 Å². The van der Waals surface area contributed by atoms with Gasteiger partial charge in [-0.2, -0.15) is 0 Å². The number of benzene rings is 1. The van der Waals surface area contributed by atoms with Gasteiger partial charge in [-0.15, -0.1) is 11.6 Å². The van der Waals surface area contributed by atoms with Gasteiger partial charge in [0, 0.05) is 37.7 Å². The van der Waals surface area contributed by atoms with Crippen LogP contribution in [0.3, 0.4) is 0 Å². The smallest absolute Gasteiger partial charge is 0.0367 e. The average molecular weight is 267 g/mol. The normalized spacial score (nSPS) is 17.1. The van der Waals surface area contributed by atoms with Crippen LogP contribution < -0.4 is 4.90 Å². The van der Waals surface area contributed by atoms with E-state index in [2.05, 4.69) is 41.0 Å². The maximum Gasteiger partial charge on any atom is 0.0367 e. The Hall–Kier alpha value is -0.730. The van der Waals surface area contributed by atoms with Crippen molar-refractivity contribution < 1.29 is 0 Å². The molecule has 0 aliphatic carbocycles. The zero-order valence-electron chi connectivity index (χ0n) is 11.2. The molecule has 1 aromatic carbocycles. The Kier molecular flexibility index (Phi) is 5.33. The minimum absolute atomic E-state index is 0.776. The lowest BCUT2D eigenvalue weighted by Gasteiger charge is -2.36. The summed E-state index contributed by atoms with van der Waals surface area (Å²) in [6.45, 7) is 7.93. The van der Waals surface area contributed by atoms with E-state index in [9.17, 15) is 0 Å². The quantitative estimate of drug-likeness (QED) is 0.756. The average Bonchev–Trinajstić information content (AvgIpc) is 2.46. The molecule has 1 aliphatic heterocycles. The summed E-state index contributed by atoms with van der Waals surface area (Å²) < 4.78 is 0. The predicted octanol–water partition coefficient (Wildman–Crippen LogP) is 3.00. The van der Waals surface area contributed by atoms with Crippen molar-refractivity contribution in [1.29, 1.82) is 0 Å². The predicted molar refractivity (Wildman–Crippen MR) is 79.8 cm³/mol. The van der Waals surface area contributed by atoms with Gasteiger partial charge in [-0.05, 0) is 37.1 Å². The first-order valence-electron chi connectivity index (χ1n) is 6.95. The first-order chi connectivity index (χ1) is 8.83. The minimum atomic E-state index is 0.776. The lowest BCUT2D eigenvalue weighted by atomic mass is 10.1. The first-order valence-corrected chi connectivity index (χ1v) is 7.49. The number of aryl methyl sites for hydroxylation is 1. The Bertz CT molecular complexity index is 342. The zero-order valence-corrected chi connectivity index (χ0v) is 12.0. The van der Waals surface area contributed by atoms with Crippen LogP contribution in [0.1, 0.15) is 18.9 Å². The van der Waals surface area contributed by atoms with Crippen molar-refractivity contribution in [3.8, 4) is 0 Å². The van der Waals surface area contributed by atoms with E-state index in [-0.39, 0.29) is 0 Å². The van der Waals surface area contributed by atoms with Crippen molar-refractivity contribution >= 4 is 17.3 Å². The minimum Gasteiger partial charge on any atom is -0.369 e. The van der Waals surface area contributed by atoms with Crippen LogP contribution in [0.25, 0.3) is 0 Å². The third-order valence-corrected chi connectivity index (χ3v) is 3.96. The van der Waals surface area contributed by atoms with Crippen molar-refractivity contribution in [1.82, 2.24) is 4.90 Å². The van der Waals surface area contributed by atoms with Crippen LogP contribution in [0.15, 0.2) is 24.3 Å². The van der Waals surface area contributed by atoms with E-state index in [1.807, 2.05) is 0 Å². The van der Waals surface area contributed by atoms with Crippen molar-refractivity contribution in [2.45, 2.75) is 19.8 Å². The highest BCUT2D eigenvalue weighted by Crippen LogP contribution is 2.17. The lowest BCUT2D eigenvalue weighted by molar-refractivity contribution is 0.259. The van der Waals surface area contributed by atoms with Gasteiger partial charge >= 0.3 is 0 Å². The topological polar surface area (TPSA) is 6.48 Å². The molecule has 100 valence electrons. The number of halogens is 1. The van der Waals surface area contributed by atoms with Crippen LogP contribution in [0, 0.1) is 0 Å². The fraction of sp³-hybridized carbons (Fsp3) is 0.600. The van der Waals surface area contributed by atoms with Gasteiger partial charge in [0.2, 0.25) is 0 Å². The van der Waals surface area contributed by atoms with E-state index < -0.39 is 0 Å². The molecule has 18 heavy (non-hydrogen) atoms. The molecule has 0 atom stereocenters. The van der Waals surface area contributed by atoms with Crippen LogP contribution in [0.4, 0.5) is 5.69 Å². The maximum atomic E-state index is 5.74. The summed E-state index contributed by atoms with van der Waals surface area (Å²) in [5, 5.41) is 0. The van der Waals surface area contributed by atoms with Crippen LogP contribution >= 0.6 is 11.6 Å². The molecule has 0 spiro atoms. The van der Waals surface area contributed by atoms with E-state index in [1.54, 1.807) is 0 Å². The molecule has 1 saturated heterocycles. The monoisotopic (exact) mass is 266 g/mol. The molecule has 1 aromatic rings. The SMILES string of the molecule is CCc1ccc(N2CCN(CCCCl)CC2)cc1. The van der Waals surface area contributed by atoms with Crippen molar-refractivity contribution in [2.24, 2.45) is 0 Å². The molecule has 3 heteroatoms. The highest BCUT2D eigenvalue weighted by molar-refractivity contribution is 6.17. The second kappa shape index (κ2) is 7.01. The summed E-state index contributed by atoms with van der Waals surface area (Å²) in [5.41, 5.74) is 2.78. The highest BCUT2D eigenvalue weighted by Gasteiger charge is 2.16. The van der Waals surface area contributed by atoms with Gasteiger partial charge in [-0.25, -0.2) is 0 Å². The summed E-state index contributed by atoms with van der Waals surface area (Å²) in [6.07, 6.45) is 2.22. The Morgan fingerprint density at radius 1 is 1.06 bits per heavy atom. The van der Waals surface area contributed by atoms with Gasteiger partial charge in [0.05, 0.1) is 0 Å². The fourth-order valence-corrected chi connectivity index (χ4v) is 2.58. The summed E-state index contributed by atoms with van der Waals surface area (Å²) in [4.78, 5) is 5.00. The molecule has 0 radical (unpaired) electrons. The summed E-state index contributed by atoms with van der Waals surface area (Å²) in [5.74, 6) is 0.776. The van der Waals surface area contributed by atoms with E-state index in [0.717, 1.165) is 51.4 Å². The number of hydrogen-bond donors (Lipinski definition) is 0. The van der Waals surface area contributed by atoms with Crippen LogP contribution in [-0.4, -0.2) is 43.5 Å². The van der Waals surface area contributed by atoms with Gasteiger partial charge in [0.15, 0.2) is 0 Å². The van der Waals surface area contributed by atoms with E-state index >= 15 is 0 Å². The number of nitrogens with zero attached hydrogens (tertiary/aromatic N) is 2. The molecule has 0 unspecified atom stereocenters. The molecule has 0 aromatic heterocycles. The maximum absolute atomic E-state index is 5.74. The summed E-state index contributed by atoms with van der Waals surface area (Å²) in [7, 11) is 0. The first kappa shape index (κ1) is 13.7. The van der Waals surface area contributed by atoms with Crippen LogP contribution in [0.2, 0.25) is 0 Å². The number of piperazine rings is 1. The second-order valence-electron chi connectivity index (χ2n) is 4.89. The molecule has 0 bridgehead atoms. The number of alkyl halides is 1. The van der Waals surface area contributed by atoms with Gasteiger partial charge in [-0.1, -0.05) is 19.1 Å². The van der Waals surface area contributed by atoms with E-state index in [1.165, 1.54) is 11.3 Å². The van der Waals surface area contributed by atoms with E-state index in [0.29, 0.717) is 0 Å². The third-order valence-electron chi connectivity index (χ3n) is 3.69. The molecule has 2 rings (SSSR count). The zero-order chi connectivity index (χ0) is 12.8. The van der Waals surface area contributed by atoms with Crippen molar-refractivity contribution in [2.75, 3.05) is 43.5 Å². The van der Waals surface area contributed by atoms with Gasteiger partial charge in [-0.3, -0.25) is 4.90 Å². The number of rotatable bonds is 5. The molecule has 1 fully saturated rings. The summed E-state index contributed by atoms with van der Waals surface area (Å²) in [6, 6.07) is 9.00. The molecule has 0 amide bonds. The Labute approximate surface area is 116 Å². The number of hydrogen-bond acceptors (Lipinski definition) is 2. The molecular weight excluding hydrogens is 244 g/mol. The fourth-order valence-electron chi connectivity index (χ4n) is 2.46. The molecule has 0 N–H and O–H groups in total. The molecule has 2 nitrogen and oxygen atoms in total. The number of anilines is 1. The van der Waals surface area contributed by atoms with Crippen LogP contribution in [0.5, 0.6) is 0 Å². The molecule has 1 heterocycles. The standard InChI is InChI=1S/C15H23ClN2/c1-2-14-4-6-15(7-5-14)18-12-10-17(11-13-18)9-3-8-16/h4-7H,2-3,8-13H2,1H3. The largest absolute Gasteiger partial charge is 0.369 e.